The molecule has 2 unspecified atom stereocenters. The summed E-state index contributed by atoms with van der Waals surface area (Å²) in [6.07, 6.45) is 1.64. The van der Waals surface area contributed by atoms with Crippen molar-refractivity contribution in [1.29, 1.82) is 0 Å². The fourth-order valence-electron chi connectivity index (χ4n) is 3.28. The van der Waals surface area contributed by atoms with Gasteiger partial charge >= 0.3 is 11.9 Å². The Labute approximate surface area is 128 Å². The second kappa shape index (κ2) is 5.44. The minimum Gasteiger partial charge on any atom is -0.474 e. The van der Waals surface area contributed by atoms with Crippen LogP contribution in [0.25, 0.3) is 0 Å². The van der Waals surface area contributed by atoms with Crippen molar-refractivity contribution in [2.24, 2.45) is 5.92 Å². The molecular weight excluding hydrogens is 284 g/mol. The number of carboxylic acid groups (broad SMARTS) is 1. The van der Waals surface area contributed by atoms with Crippen LogP contribution in [0.5, 0.6) is 0 Å². The lowest BCUT2D eigenvalue weighted by Crippen LogP contribution is -2.44. The number of hydrogen-bond donors (Lipinski definition) is 2. The number of carbonyl (C=O) groups is 3. The van der Waals surface area contributed by atoms with E-state index in [0.29, 0.717) is 25.1 Å². The van der Waals surface area contributed by atoms with Gasteiger partial charge < -0.3 is 15.3 Å². The zero-order chi connectivity index (χ0) is 15.9. The number of nitrogens with zero attached hydrogens (tertiary/aromatic N) is 1. The molecule has 22 heavy (non-hydrogen) atoms. The molecule has 0 aliphatic carbocycles. The SMILES string of the molecule is CC1CCC(c2ccc3c(c2)C(=O)NC3)N(C(=O)C(=O)O)C1. The number of fused-ring (bicyclic) bond motifs is 1. The summed E-state index contributed by atoms with van der Waals surface area (Å²) in [5.74, 6) is -2.14. The molecule has 1 fully saturated rings. The van der Waals surface area contributed by atoms with E-state index in [0.717, 1.165) is 17.5 Å². The van der Waals surface area contributed by atoms with E-state index >= 15 is 0 Å². The molecule has 2 amide bonds. The summed E-state index contributed by atoms with van der Waals surface area (Å²) in [7, 11) is 0. The van der Waals surface area contributed by atoms with Gasteiger partial charge in [-0.3, -0.25) is 9.59 Å². The molecule has 6 heteroatoms. The van der Waals surface area contributed by atoms with Gasteiger partial charge in [0.1, 0.15) is 0 Å². The third-order valence-corrected chi connectivity index (χ3v) is 4.46. The Morgan fingerprint density at radius 3 is 2.82 bits per heavy atom. The van der Waals surface area contributed by atoms with Crippen molar-refractivity contribution in [3.8, 4) is 0 Å². The van der Waals surface area contributed by atoms with Crippen LogP contribution >= 0.6 is 0 Å². The Morgan fingerprint density at radius 2 is 2.09 bits per heavy atom. The number of rotatable bonds is 1. The van der Waals surface area contributed by atoms with Gasteiger partial charge in [-0.15, -0.1) is 0 Å². The highest BCUT2D eigenvalue weighted by Crippen LogP contribution is 2.34. The van der Waals surface area contributed by atoms with Gasteiger partial charge in [-0.25, -0.2) is 4.79 Å². The molecule has 1 aromatic rings. The molecule has 1 saturated heterocycles. The monoisotopic (exact) mass is 302 g/mol. The predicted molar refractivity (Wildman–Crippen MR) is 78.1 cm³/mol. The zero-order valence-electron chi connectivity index (χ0n) is 12.3. The Bertz CT molecular complexity index is 656. The van der Waals surface area contributed by atoms with Crippen LogP contribution in [0, 0.1) is 5.92 Å². The van der Waals surface area contributed by atoms with E-state index in [2.05, 4.69) is 5.32 Å². The maximum atomic E-state index is 12.0. The van der Waals surface area contributed by atoms with Gasteiger partial charge in [-0.1, -0.05) is 19.1 Å². The van der Waals surface area contributed by atoms with Gasteiger partial charge in [0.25, 0.3) is 5.91 Å². The lowest BCUT2D eigenvalue weighted by atomic mass is 9.88. The van der Waals surface area contributed by atoms with E-state index in [4.69, 9.17) is 5.11 Å². The van der Waals surface area contributed by atoms with Crippen molar-refractivity contribution < 1.29 is 19.5 Å². The molecule has 1 aromatic carbocycles. The van der Waals surface area contributed by atoms with E-state index in [1.165, 1.54) is 4.90 Å². The van der Waals surface area contributed by atoms with Crippen molar-refractivity contribution in [3.05, 3.63) is 34.9 Å². The molecule has 0 radical (unpaired) electrons. The molecule has 6 nitrogen and oxygen atoms in total. The zero-order valence-corrected chi connectivity index (χ0v) is 12.3. The lowest BCUT2D eigenvalue weighted by molar-refractivity contribution is -0.158. The average molecular weight is 302 g/mol. The highest BCUT2D eigenvalue weighted by atomic mass is 16.4. The quantitative estimate of drug-likeness (QED) is 0.766. The van der Waals surface area contributed by atoms with Crippen LogP contribution in [-0.2, 0) is 16.1 Å². The fraction of sp³-hybridized carbons (Fsp3) is 0.438. The first-order valence-corrected chi connectivity index (χ1v) is 7.42. The van der Waals surface area contributed by atoms with Crippen LogP contribution in [-0.4, -0.2) is 34.3 Å². The number of likely N-dealkylation sites (tertiary alicyclic amines) is 1. The number of amides is 2. The number of hydrogen-bond acceptors (Lipinski definition) is 3. The molecule has 2 aliphatic rings. The van der Waals surface area contributed by atoms with E-state index < -0.39 is 11.9 Å². The molecule has 3 rings (SSSR count). The molecular formula is C16H18N2O4. The van der Waals surface area contributed by atoms with E-state index in [1.54, 1.807) is 6.07 Å². The van der Waals surface area contributed by atoms with Crippen molar-refractivity contribution in [2.45, 2.75) is 32.4 Å². The van der Waals surface area contributed by atoms with E-state index in [9.17, 15) is 14.4 Å². The van der Waals surface area contributed by atoms with Crippen molar-refractivity contribution in [2.75, 3.05) is 6.54 Å². The average Bonchev–Trinajstić information content (AvgIpc) is 2.87. The first kappa shape index (κ1) is 14.6. The molecule has 0 aromatic heterocycles. The molecule has 2 atom stereocenters. The Hall–Kier alpha value is -2.37. The first-order valence-electron chi connectivity index (χ1n) is 7.42. The van der Waals surface area contributed by atoms with Crippen molar-refractivity contribution in [1.82, 2.24) is 10.2 Å². The van der Waals surface area contributed by atoms with Crippen LogP contribution in [0.1, 0.15) is 47.3 Å². The third kappa shape index (κ3) is 2.45. The third-order valence-electron chi connectivity index (χ3n) is 4.46. The summed E-state index contributed by atoms with van der Waals surface area (Å²) in [6, 6.07) is 5.28. The Kier molecular flexibility index (Phi) is 3.60. The summed E-state index contributed by atoms with van der Waals surface area (Å²) in [6.45, 7) is 2.96. The fourth-order valence-corrected chi connectivity index (χ4v) is 3.28. The molecule has 2 aliphatic heterocycles. The van der Waals surface area contributed by atoms with Crippen molar-refractivity contribution >= 4 is 17.8 Å². The summed E-state index contributed by atoms with van der Waals surface area (Å²) < 4.78 is 0. The van der Waals surface area contributed by atoms with Gasteiger partial charge in [-0.05, 0) is 36.0 Å². The maximum Gasteiger partial charge on any atom is 0.394 e. The van der Waals surface area contributed by atoms with E-state index in [-0.39, 0.29) is 17.9 Å². The molecule has 2 N–H and O–H groups in total. The largest absolute Gasteiger partial charge is 0.474 e. The number of aliphatic carboxylic acids is 1. The molecule has 0 spiro atoms. The Balaban J connectivity index is 1.94. The summed E-state index contributed by atoms with van der Waals surface area (Å²) in [5, 5.41) is 11.8. The number of piperidine rings is 1. The maximum absolute atomic E-state index is 12.0. The molecule has 0 saturated carbocycles. The molecule has 2 heterocycles. The normalized spacial score (nSPS) is 23.9. The highest BCUT2D eigenvalue weighted by molar-refractivity contribution is 6.31. The number of nitrogens with one attached hydrogen (secondary N) is 1. The van der Waals surface area contributed by atoms with Crippen LogP contribution in [0.4, 0.5) is 0 Å². The summed E-state index contributed by atoms with van der Waals surface area (Å²) in [5.41, 5.74) is 2.39. The highest BCUT2D eigenvalue weighted by Gasteiger charge is 2.34. The Morgan fingerprint density at radius 1 is 1.32 bits per heavy atom. The summed E-state index contributed by atoms with van der Waals surface area (Å²) in [4.78, 5) is 36.3. The van der Waals surface area contributed by atoms with Crippen LogP contribution in [0.2, 0.25) is 0 Å². The second-order valence-electron chi connectivity index (χ2n) is 6.06. The van der Waals surface area contributed by atoms with E-state index in [1.807, 2.05) is 19.1 Å². The van der Waals surface area contributed by atoms with Crippen LogP contribution < -0.4 is 5.32 Å². The van der Waals surface area contributed by atoms with Gasteiger partial charge in [-0.2, -0.15) is 0 Å². The van der Waals surface area contributed by atoms with Gasteiger partial charge in [0, 0.05) is 18.7 Å². The summed E-state index contributed by atoms with van der Waals surface area (Å²) >= 11 is 0. The van der Waals surface area contributed by atoms with Crippen molar-refractivity contribution in [3.63, 3.8) is 0 Å². The second-order valence-corrected chi connectivity index (χ2v) is 6.06. The minimum absolute atomic E-state index is 0.114. The molecule has 0 bridgehead atoms. The standard InChI is InChI=1S/C16H18N2O4/c1-9-2-5-13(18(8-9)15(20)16(21)22)10-3-4-11-7-17-14(19)12(11)6-10/h3-4,6,9,13H,2,5,7-8H2,1H3,(H,17,19)(H,21,22). The number of carboxylic acids is 1. The predicted octanol–water partition coefficient (Wildman–Crippen LogP) is 1.31. The van der Waals surface area contributed by atoms with Gasteiger partial charge in [0.15, 0.2) is 0 Å². The lowest BCUT2D eigenvalue weighted by Gasteiger charge is -2.38. The molecule has 116 valence electrons. The number of benzene rings is 1. The van der Waals surface area contributed by atoms with Crippen LogP contribution in [0.3, 0.4) is 0 Å². The minimum atomic E-state index is -1.43. The topological polar surface area (TPSA) is 86.7 Å². The van der Waals surface area contributed by atoms with Crippen LogP contribution in [0.15, 0.2) is 18.2 Å². The smallest absolute Gasteiger partial charge is 0.394 e. The number of carbonyl (C=O) groups excluding carboxylic acids is 2. The van der Waals surface area contributed by atoms with Gasteiger partial charge in [0.05, 0.1) is 6.04 Å². The van der Waals surface area contributed by atoms with Gasteiger partial charge in [0.2, 0.25) is 0 Å². The first-order chi connectivity index (χ1) is 10.5.